The second-order valence-corrected chi connectivity index (χ2v) is 20.3. The third-order valence-corrected chi connectivity index (χ3v) is 12.6. The van der Waals surface area contributed by atoms with Gasteiger partial charge >= 0.3 is 5.97 Å². The number of hydrogen-bond donors (Lipinski definition) is 5. The van der Waals surface area contributed by atoms with Gasteiger partial charge in [-0.3, -0.25) is 19.2 Å². The van der Waals surface area contributed by atoms with Crippen LogP contribution in [0.15, 0.2) is 59.2 Å². The van der Waals surface area contributed by atoms with Crippen LogP contribution in [0.25, 0.3) is 16.6 Å². The number of aromatic amines is 1. The fourth-order valence-electron chi connectivity index (χ4n) is 7.92. The number of amidine groups is 1. The predicted octanol–water partition coefficient (Wildman–Crippen LogP) is 8.18. The van der Waals surface area contributed by atoms with E-state index in [0.717, 1.165) is 37.1 Å². The third-order valence-electron chi connectivity index (χ3n) is 11.4. The van der Waals surface area contributed by atoms with Gasteiger partial charge in [-0.05, 0) is 99.0 Å². The smallest absolute Gasteiger partial charge is 0.330 e. The number of amides is 3. The minimum atomic E-state index is -1.32. The number of carboxylic acid groups (broad SMARTS) is 1. The zero-order valence-electron chi connectivity index (χ0n) is 40.8. The number of carbonyl (C=O) groups excluding carboxylic acids is 3. The van der Waals surface area contributed by atoms with Crippen molar-refractivity contribution in [3.63, 3.8) is 0 Å². The molecular weight excluding hydrogens is 828 g/mol. The lowest BCUT2D eigenvalue weighted by Crippen LogP contribution is -2.58. The number of aromatic nitrogens is 1. The Morgan fingerprint density at radius 2 is 1.72 bits per heavy atom. The average molecular weight is 905 g/mol. The molecule has 0 radical (unpaired) electrons. The van der Waals surface area contributed by atoms with Crippen molar-refractivity contribution < 1.29 is 29.0 Å². The van der Waals surface area contributed by atoms with Gasteiger partial charge in [-0.1, -0.05) is 96.9 Å². The number of H-pyrrole nitrogens is 1. The van der Waals surface area contributed by atoms with E-state index in [4.69, 9.17) is 4.74 Å². The van der Waals surface area contributed by atoms with Crippen LogP contribution in [0.5, 0.6) is 0 Å². The first-order chi connectivity index (χ1) is 30.0. The molecule has 0 spiro atoms. The van der Waals surface area contributed by atoms with Crippen molar-refractivity contribution in [2.24, 2.45) is 34.1 Å². The van der Waals surface area contributed by atoms with Crippen LogP contribution in [0, 0.1) is 36.0 Å². The first-order valence-electron chi connectivity index (χ1n) is 23.1. The second kappa shape index (κ2) is 23.4. The van der Waals surface area contributed by atoms with Crippen LogP contribution in [-0.2, 0) is 23.9 Å². The number of aliphatic carboxylic acids is 1. The van der Waals surface area contributed by atoms with E-state index >= 15 is 0 Å². The third kappa shape index (κ3) is 13.9. The number of aryl methyl sites for hydroxylation is 1. The molecule has 64 heavy (non-hydrogen) atoms. The van der Waals surface area contributed by atoms with Crippen LogP contribution in [0.4, 0.5) is 0 Å². The van der Waals surface area contributed by atoms with Crippen molar-refractivity contribution in [1.29, 1.82) is 0 Å². The molecule has 3 amide bonds. The number of nitrogens with zero attached hydrogens (tertiary/aromatic N) is 2. The van der Waals surface area contributed by atoms with Gasteiger partial charge < -0.3 is 35.7 Å². The van der Waals surface area contributed by atoms with Crippen LogP contribution < -0.4 is 26.7 Å². The van der Waals surface area contributed by atoms with Crippen LogP contribution in [0.3, 0.4) is 0 Å². The Labute approximate surface area is 383 Å². The lowest BCUT2D eigenvalue weighted by Gasteiger charge is -2.36. The Morgan fingerprint density at radius 1 is 1.09 bits per heavy atom. The van der Waals surface area contributed by atoms with E-state index in [0.29, 0.717) is 62.9 Å². The number of likely N-dealkylation sites (tertiary alicyclic amines) is 1. The Kier molecular flexibility index (Phi) is 19.6. The molecule has 5 N–H and O–H groups in total. The molecule has 3 heterocycles. The van der Waals surface area contributed by atoms with Crippen LogP contribution >= 0.6 is 8.58 Å². The maximum Gasteiger partial charge on any atom is 0.330 e. The van der Waals surface area contributed by atoms with Gasteiger partial charge in [0.2, 0.25) is 17.7 Å². The van der Waals surface area contributed by atoms with Gasteiger partial charge in [-0.25, -0.2) is 9.79 Å². The van der Waals surface area contributed by atoms with Crippen molar-refractivity contribution >= 4 is 60.0 Å². The topological polar surface area (TPSA) is 182 Å². The van der Waals surface area contributed by atoms with Crippen molar-refractivity contribution in [2.45, 2.75) is 152 Å². The van der Waals surface area contributed by atoms with Gasteiger partial charge in [0, 0.05) is 36.3 Å². The quantitative estimate of drug-likeness (QED) is 0.0803. The first-order valence-corrected chi connectivity index (χ1v) is 24.6. The number of carbonyl (C=O) groups is 4. The zero-order valence-corrected chi connectivity index (χ0v) is 41.8. The van der Waals surface area contributed by atoms with Gasteiger partial charge in [0.25, 0.3) is 0 Å². The molecule has 4 aliphatic rings. The molecule has 2 saturated carbocycles. The normalized spacial score (nSPS) is 22.0. The summed E-state index contributed by atoms with van der Waals surface area (Å²) in [5.41, 5.74) is 1.66. The zero-order chi connectivity index (χ0) is 48.3. The summed E-state index contributed by atoms with van der Waals surface area (Å²) < 4.78 is 5.94. The molecule has 3 fully saturated rings. The van der Waals surface area contributed by atoms with Gasteiger partial charge in [0.1, 0.15) is 29.6 Å². The van der Waals surface area contributed by atoms with Gasteiger partial charge in [0.15, 0.2) is 11.3 Å². The van der Waals surface area contributed by atoms with Gasteiger partial charge in [0.05, 0.1) is 16.9 Å². The molecule has 6 unspecified atom stereocenters. The van der Waals surface area contributed by atoms with Crippen LogP contribution in [0.1, 0.15) is 132 Å². The second-order valence-electron chi connectivity index (χ2n) is 19.3. The highest BCUT2D eigenvalue weighted by atomic mass is 31.1. The summed E-state index contributed by atoms with van der Waals surface area (Å²) >= 11 is 0. The minimum absolute atomic E-state index is 0.0148. The summed E-state index contributed by atoms with van der Waals surface area (Å²) in [6.07, 6.45) is 9.20. The number of ether oxygens (including phenoxy) is 1. The van der Waals surface area contributed by atoms with Crippen molar-refractivity contribution in [2.75, 3.05) is 13.2 Å². The van der Waals surface area contributed by atoms with Gasteiger partial charge in [-0.15, -0.1) is 6.58 Å². The Hall–Kier alpha value is -4.77. The number of hydrogen-bond acceptors (Lipinski definition) is 8. The minimum Gasteiger partial charge on any atom is -0.479 e. The molecule has 6 rings (SSSR count). The van der Waals surface area contributed by atoms with Crippen molar-refractivity contribution in [3.05, 3.63) is 70.9 Å². The molecule has 1 aromatic carbocycles. The van der Waals surface area contributed by atoms with Crippen LogP contribution in [0.2, 0.25) is 0 Å². The van der Waals surface area contributed by atoms with Crippen LogP contribution in [-0.4, -0.2) is 81.5 Å². The fourth-order valence-corrected chi connectivity index (χ4v) is 8.85. The summed E-state index contributed by atoms with van der Waals surface area (Å²) in [7, 11) is 0.592. The maximum atomic E-state index is 13.7. The molecule has 13 nitrogen and oxygen atoms in total. The SMILES string of the molecule is C=CC1CC1(NC(=O)C1CC(C)CN1C(=O)C(NC(=C)OC1CCCC1)C(C)(C)C)C(=O)O.CC.CC(C)C.CPc1c(C)ccc2c(=O)cc(C3=CCC(NC(=O)C(C)C)=N3)[nH]c12. The Bertz CT molecular complexity index is 2130. The van der Waals surface area contributed by atoms with E-state index in [-0.39, 0.29) is 41.1 Å². The van der Waals surface area contributed by atoms with E-state index in [2.05, 4.69) is 73.4 Å². The lowest BCUT2D eigenvalue weighted by molar-refractivity contribution is -0.146. The summed E-state index contributed by atoms with van der Waals surface area (Å²) in [4.78, 5) is 72.5. The molecule has 2 aliphatic heterocycles. The molecule has 0 bridgehead atoms. The number of rotatable bonds is 12. The lowest BCUT2D eigenvalue weighted by atomic mass is 9.85. The molecule has 6 atom stereocenters. The first kappa shape index (κ1) is 53.6. The summed E-state index contributed by atoms with van der Waals surface area (Å²) in [5.74, 6) is -0.193. The largest absolute Gasteiger partial charge is 0.479 e. The molecule has 1 saturated heterocycles. The number of pyridine rings is 1. The Balaban J connectivity index is 0.000000311. The summed E-state index contributed by atoms with van der Waals surface area (Å²) in [6, 6.07) is 4.10. The van der Waals surface area contributed by atoms with E-state index in [1.165, 1.54) is 10.9 Å². The van der Waals surface area contributed by atoms with E-state index in [1.54, 1.807) is 17.0 Å². The van der Waals surface area contributed by atoms with Gasteiger partial charge in [-0.2, -0.15) is 0 Å². The summed E-state index contributed by atoms with van der Waals surface area (Å²) in [6.45, 7) is 34.3. The van der Waals surface area contributed by atoms with E-state index in [1.807, 2.05) is 73.6 Å². The van der Waals surface area contributed by atoms with E-state index in [9.17, 15) is 29.1 Å². The highest BCUT2D eigenvalue weighted by Crippen LogP contribution is 2.45. The number of benzene rings is 1. The highest BCUT2D eigenvalue weighted by molar-refractivity contribution is 7.47. The number of nitrogens with one attached hydrogen (secondary N) is 4. The number of aliphatic imine (C=N–C) groups is 1. The molecule has 14 heteroatoms. The van der Waals surface area contributed by atoms with Crippen molar-refractivity contribution in [1.82, 2.24) is 25.8 Å². The summed E-state index contributed by atoms with van der Waals surface area (Å²) in [5, 5.41) is 20.3. The number of fused-ring (bicyclic) bond motifs is 1. The van der Waals surface area contributed by atoms with E-state index < -0.39 is 34.9 Å². The van der Waals surface area contributed by atoms with Crippen molar-refractivity contribution in [3.8, 4) is 0 Å². The molecule has 354 valence electrons. The molecular formula is C50H77N6O7P. The predicted molar refractivity (Wildman–Crippen MR) is 263 cm³/mol. The molecule has 1 aromatic heterocycles. The fraction of sp³-hybridized carbons (Fsp3) is 0.600. The molecule has 2 aromatic rings. The molecule has 2 aliphatic carbocycles. The average Bonchev–Trinajstić information content (AvgIpc) is 3.61. The Morgan fingerprint density at radius 3 is 2.25 bits per heavy atom. The number of carboxylic acids is 1. The highest BCUT2D eigenvalue weighted by Gasteiger charge is 2.61. The maximum absolute atomic E-state index is 13.7. The standard InChI is InChI=1S/C25H39N3O5.C19H22N3O2P.C4H10.C2H6/c1-7-17-13-25(17,23(31)32)27-21(29)19-12-15(2)14-28(19)22(30)20(24(4,5)6)26-16(3)33-18-10-8-9-11-18;1-10(2)19(24)22-16-8-7-13(20-16)14-9-15(23)12-6-5-11(3)18(25-4)17(12)21-14;1-4(2)3;1-2/h7,15,17-20,26H,1,3,8-14H2,2,4-6H3,(H,27,29)(H,31,32);5-7,9-10,25H,8H2,1-4H3,(H,21,23)(H,20,22,24);4H,1-3H3;1-2H3. The monoisotopic (exact) mass is 905 g/mol.